The lowest BCUT2D eigenvalue weighted by Crippen LogP contribution is -2.27. The minimum Gasteiger partial charge on any atom is -0.481 e. The molecule has 3 N–H and O–H groups in total. The fourth-order valence-corrected chi connectivity index (χ4v) is 8.42. The van der Waals surface area contributed by atoms with Crippen LogP contribution in [0.5, 0.6) is 0 Å². The molecule has 24 heteroatoms. The third kappa shape index (κ3) is 17.0. The first-order valence-electron chi connectivity index (χ1n) is 22.1. The zero-order valence-electron chi connectivity index (χ0n) is 39.0. The highest BCUT2D eigenvalue weighted by atomic mass is 35.5. The summed E-state index contributed by atoms with van der Waals surface area (Å²) in [5.41, 5.74) is 4.18. The number of oxime groups is 2. The molecule has 6 atom stereocenters. The largest absolute Gasteiger partial charge is 0.481 e. The first kappa shape index (κ1) is 59.3. The number of aromatic nitrogens is 2. The van der Waals surface area contributed by atoms with Crippen molar-refractivity contribution in [1.82, 2.24) is 9.97 Å². The Morgan fingerprint density at radius 3 is 1.49 bits per heavy atom. The highest BCUT2D eigenvalue weighted by Gasteiger charge is 2.38. The number of ketones is 2. The summed E-state index contributed by atoms with van der Waals surface area (Å²) in [5.74, 6) is -3.67. The molecule has 0 radical (unpaired) electrons. The molecule has 4 aromatic carbocycles. The molecule has 8 rings (SSSR count). The van der Waals surface area contributed by atoms with E-state index >= 15 is 0 Å². The van der Waals surface area contributed by atoms with Crippen LogP contribution in [0.25, 0.3) is 0 Å². The number of carboxylic acids is 2. The molecule has 4 heterocycles. The molecule has 390 valence electrons. The number of Topliss-reactive ketones (excluding diaryl/α,β-unsaturated/α-hetero) is 2. The zero-order valence-corrected chi connectivity index (χ0v) is 45.1. The molecular formula is C50H43Cl8N5O11. The molecule has 1 saturated heterocycles. The molecule has 1 fully saturated rings. The number of hydrogen-bond donors (Lipinski definition) is 3. The number of carbonyl (C=O) groups excluding carboxylic acids is 4. The Morgan fingerprint density at radius 2 is 1.04 bits per heavy atom. The van der Waals surface area contributed by atoms with Gasteiger partial charge in [-0.25, -0.2) is 9.97 Å². The zero-order chi connectivity index (χ0) is 54.4. The third-order valence-corrected chi connectivity index (χ3v) is 14.1. The summed E-state index contributed by atoms with van der Waals surface area (Å²) < 4.78 is 4.95. The number of anilines is 1. The molecule has 16 nitrogen and oxygen atoms in total. The van der Waals surface area contributed by atoms with Gasteiger partial charge in [-0.1, -0.05) is 115 Å². The lowest BCUT2D eigenvalue weighted by atomic mass is 9.90. The van der Waals surface area contributed by atoms with Crippen molar-refractivity contribution in [2.24, 2.45) is 28.1 Å². The molecule has 0 bridgehead atoms. The summed E-state index contributed by atoms with van der Waals surface area (Å²) in [4.78, 5) is 86.3. The monoisotopic (exact) mass is 1170 g/mol. The van der Waals surface area contributed by atoms with E-state index in [-0.39, 0.29) is 90.7 Å². The van der Waals surface area contributed by atoms with Crippen LogP contribution in [-0.2, 0) is 33.6 Å². The van der Waals surface area contributed by atoms with E-state index in [4.69, 9.17) is 117 Å². The summed E-state index contributed by atoms with van der Waals surface area (Å²) in [6.45, 7) is 5.38. The van der Waals surface area contributed by atoms with Gasteiger partial charge in [0.05, 0.1) is 107 Å². The average Bonchev–Trinajstić information content (AvgIpc) is 4.03. The van der Waals surface area contributed by atoms with Gasteiger partial charge in [0.15, 0.2) is 11.6 Å². The second-order valence-corrected chi connectivity index (χ2v) is 19.7. The lowest BCUT2D eigenvalue weighted by molar-refractivity contribution is -0.141. The van der Waals surface area contributed by atoms with E-state index < -0.39 is 17.9 Å². The number of ether oxygens (including phenoxy) is 1. The quantitative estimate of drug-likeness (QED) is 0.0736. The van der Waals surface area contributed by atoms with E-state index in [1.54, 1.807) is 56.3 Å². The number of halogens is 8. The number of benzene rings is 4. The molecule has 1 aromatic heterocycles. The van der Waals surface area contributed by atoms with E-state index in [0.717, 1.165) is 11.1 Å². The van der Waals surface area contributed by atoms with Gasteiger partial charge in [0.25, 0.3) is 0 Å². The van der Waals surface area contributed by atoms with Crippen LogP contribution in [0.2, 0.25) is 40.2 Å². The molecule has 0 aliphatic carbocycles. The topological polar surface area (TPSA) is 233 Å². The van der Waals surface area contributed by atoms with Crippen LogP contribution in [0.1, 0.15) is 84.7 Å². The summed E-state index contributed by atoms with van der Waals surface area (Å²) in [6, 6.07) is 19.5. The minimum absolute atomic E-state index is 0.0275. The van der Waals surface area contributed by atoms with Gasteiger partial charge in [0.2, 0.25) is 5.91 Å². The maximum Gasteiger partial charge on any atom is 0.306 e. The van der Waals surface area contributed by atoms with Gasteiger partial charge in [-0.15, -0.1) is 0 Å². The van der Waals surface area contributed by atoms with E-state index in [1.165, 1.54) is 43.0 Å². The number of rotatable bonds is 13. The Labute approximate surface area is 464 Å². The van der Waals surface area contributed by atoms with Crippen molar-refractivity contribution >= 4 is 145 Å². The summed E-state index contributed by atoms with van der Waals surface area (Å²) >= 11 is 46.8. The number of esters is 1. The second-order valence-electron chi connectivity index (χ2n) is 16.5. The maximum atomic E-state index is 12.3. The molecule has 6 unspecified atom stereocenters. The number of nitrogens with zero attached hydrogens (tertiary/aromatic N) is 4. The van der Waals surface area contributed by atoms with Gasteiger partial charge in [0, 0.05) is 35.1 Å². The van der Waals surface area contributed by atoms with Crippen LogP contribution in [0.3, 0.4) is 0 Å². The number of carboxylic acid groups (broad SMARTS) is 2. The van der Waals surface area contributed by atoms with Crippen molar-refractivity contribution < 1.29 is 53.4 Å². The van der Waals surface area contributed by atoms with Gasteiger partial charge in [-0.05, 0) is 81.4 Å². The first-order valence-corrected chi connectivity index (χ1v) is 25.1. The maximum absolute atomic E-state index is 12.3. The van der Waals surface area contributed by atoms with Crippen LogP contribution < -0.4 is 5.32 Å². The highest BCUT2D eigenvalue weighted by Crippen LogP contribution is 2.33. The van der Waals surface area contributed by atoms with Crippen LogP contribution in [0, 0.1) is 17.8 Å². The molecular weight excluding hydrogens is 1130 g/mol. The van der Waals surface area contributed by atoms with E-state index in [2.05, 4.69) is 25.6 Å². The number of nitrogens with one attached hydrogen (secondary N) is 1. The smallest absolute Gasteiger partial charge is 0.306 e. The normalized spacial score (nSPS) is 19.3. The van der Waals surface area contributed by atoms with Crippen molar-refractivity contribution in [3.8, 4) is 0 Å². The molecule has 5 aromatic rings. The van der Waals surface area contributed by atoms with E-state index in [9.17, 15) is 28.8 Å². The Morgan fingerprint density at radius 1 is 0.581 bits per heavy atom. The van der Waals surface area contributed by atoms with Gasteiger partial charge >= 0.3 is 17.9 Å². The first-order chi connectivity index (χ1) is 35.0. The molecule has 74 heavy (non-hydrogen) atoms. The highest BCUT2D eigenvalue weighted by molar-refractivity contribution is 6.44. The Balaban J connectivity index is 0.000000186. The van der Waals surface area contributed by atoms with Crippen molar-refractivity contribution in [3.05, 3.63) is 154 Å². The van der Waals surface area contributed by atoms with Crippen LogP contribution in [0.15, 0.2) is 102 Å². The number of hydrogen-bond acceptors (Lipinski definition) is 13. The number of carbonyl (C=O) groups is 6. The van der Waals surface area contributed by atoms with Gasteiger partial charge in [-0.3, -0.25) is 28.8 Å². The fraction of sp³-hybridized carbons (Fsp3) is 0.280. The standard InChI is InChI=1S/C16H14Cl2N4O2.C12H11Cl2NO3.C12H10Cl2O3.C10H8Cl2O3/c1-9-12(5-15(23)21-11-6-19-8-20-7-11)16(22-24-9)10-2-3-13(17)14(18)4-10;1-6-8(5-11(16)17)12(15-18-6)7-2-3-9(13)10(14)4-7;1-6-8(5-11(15)17-6)12(16)7-2-3-9(13)10(14)4-7;11-7-2-1-6(5-8(7)12)9(13)3-4-10(14)15/h2-4,6-9,12H,5H2,1H3,(H,21,23);2-4,6,8H,5H2,1H3,(H,16,17);2-4,6,8H,5H2,1H3;1-2,5H,3-4H2,(H,14,15). The predicted molar refractivity (Wildman–Crippen MR) is 284 cm³/mol. The molecule has 0 spiro atoms. The number of aliphatic carboxylic acids is 2. The summed E-state index contributed by atoms with van der Waals surface area (Å²) in [5, 5.41) is 31.3. The minimum atomic E-state index is -0.997. The molecule has 1 amide bonds. The second kappa shape index (κ2) is 27.8. The molecule has 0 saturated carbocycles. The SMILES string of the molecule is CC1OC(=O)CC1C(=O)c1ccc(Cl)c(Cl)c1.CC1ON=C(c2ccc(Cl)c(Cl)c2)C1CC(=O)Nc1cncnc1.CC1ON=C(c2ccc(Cl)c(Cl)c2)C1CC(=O)O.O=C(O)CCC(=O)c1ccc(Cl)c(Cl)c1. The van der Waals surface area contributed by atoms with E-state index in [0.29, 0.717) is 63.4 Å². The number of cyclic esters (lactones) is 1. The van der Waals surface area contributed by atoms with Gasteiger partial charge < -0.3 is 29.9 Å². The Kier molecular flexibility index (Phi) is 22.3. The van der Waals surface area contributed by atoms with Crippen LogP contribution in [-0.4, -0.2) is 85.3 Å². The lowest BCUT2D eigenvalue weighted by Gasteiger charge is -2.15. The van der Waals surface area contributed by atoms with Crippen molar-refractivity contribution in [3.63, 3.8) is 0 Å². The third-order valence-electron chi connectivity index (χ3n) is 11.2. The van der Waals surface area contributed by atoms with Gasteiger partial charge in [0.1, 0.15) is 24.6 Å². The fourth-order valence-electron chi connectivity index (χ4n) is 7.23. The van der Waals surface area contributed by atoms with Crippen LogP contribution >= 0.6 is 92.8 Å². The molecule has 3 aliphatic rings. The molecule has 3 aliphatic heterocycles. The number of amides is 1. The Hall–Kier alpha value is -5.56. The summed E-state index contributed by atoms with van der Waals surface area (Å²) in [7, 11) is 0. The van der Waals surface area contributed by atoms with Crippen LogP contribution in [0.4, 0.5) is 5.69 Å². The van der Waals surface area contributed by atoms with Crippen molar-refractivity contribution in [2.75, 3.05) is 5.32 Å². The van der Waals surface area contributed by atoms with Crippen molar-refractivity contribution in [2.45, 2.75) is 71.2 Å². The average molecular weight is 1170 g/mol. The van der Waals surface area contributed by atoms with Gasteiger partial charge in [-0.2, -0.15) is 0 Å². The van der Waals surface area contributed by atoms with E-state index in [1.807, 2.05) is 13.0 Å². The predicted octanol–water partition coefficient (Wildman–Crippen LogP) is 12.9. The van der Waals surface area contributed by atoms with Crippen molar-refractivity contribution in [1.29, 1.82) is 0 Å². The summed E-state index contributed by atoms with van der Waals surface area (Å²) in [6.07, 6.45) is 3.71. The Bertz CT molecular complexity index is 2970.